The van der Waals surface area contributed by atoms with Gasteiger partial charge in [-0.1, -0.05) is 18.2 Å². The molecule has 2 aromatic heterocycles. The Morgan fingerprint density at radius 3 is 2.53 bits per heavy atom. The first-order valence-corrected chi connectivity index (χ1v) is 12.6. The number of para-hydroxylation sites is 1. The zero-order valence-electron chi connectivity index (χ0n) is 18.4. The molecule has 34 heavy (non-hydrogen) atoms. The van der Waals surface area contributed by atoms with Crippen LogP contribution in [0.15, 0.2) is 64.4 Å². The molecule has 2 atom stereocenters. The molecule has 2 unspecified atom stereocenters. The van der Waals surface area contributed by atoms with Gasteiger partial charge in [0.25, 0.3) is 0 Å². The number of hydrogen-bond acceptors (Lipinski definition) is 6. The monoisotopic (exact) mass is 499 g/mol. The fourth-order valence-electron chi connectivity index (χ4n) is 4.02. The molecule has 0 bridgehead atoms. The number of carbonyl (C=O) groups is 2. The zero-order valence-corrected chi connectivity index (χ0v) is 20.0. The number of carbonyl (C=O) groups excluding carboxylic acids is 1. The van der Waals surface area contributed by atoms with Crippen LogP contribution in [0.5, 0.6) is 0 Å². The van der Waals surface area contributed by atoms with Crippen LogP contribution in [0.4, 0.5) is 10.7 Å². The minimum Gasteiger partial charge on any atom is -0.755 e. The largest absolute Gasteiger partial charge is 0.755 e. The minimum absolute atomic E-state index is 0.0971. The first-order valence-electron chi connectivity index (χ1n) is 10.7. The van der Waals surface area contributed by atoms with Crippen LogP contribution in [-0.2, 0) is 20.9 Å². The number of nitrogens with zero attached hydrogens (tertiary/aromatic N) is 2. The van der Waals surface area contributed by atoms with E-state index in [1.54, 1.807) is 23.1 Å². The summed E-state index contributed by atoms with van der Waals surface area (Å²) in [5.41, 5.74) is 1.51. The number of amides is 1. The predicted molar refractivity (Wildman–Crippen MR) is 133 cm³/mol. The van der Waals surface area contributed by atoms with Gasteiger partial charge in [-0.05, 0) is 61.0 Å². The number of rotatable bonds is 10. The minimum atomic E-state index is -2.81. The van der Waals surface area contributed by atoms with Crippen molar-refractivity contribution in [3.05, 3.63) is 60.0 Å². The number of carboxylic acids is 1. The summed E-state index contributed by atoms with van der Waals surface area (Å²) in [7, 11) is 0. The molecular weight excluding hydrogens is 476 g/mol. The van der Waals surface area contributed by atoms with Crippen LogP contribution in [0.3, 0.4) is 0 Å². The highest BCUT2D eigenvalue weighted by Gasteiger charge is 2.27. The number of carboxylic acid groups (broad SMARTS) is 1. The lowest BCUT2D eigenvalue weighted by Gasteiger charge is -2.32. The van der Waals surface area contributed by atoms with Gasteiger partial charge in [0.1, 0.15) is 17.2 Å². The van der Waals surface area contributed by atoms with E-state index in [0.717, 1.165) is 14.7 Å². The van der Waals surface area contributed by atoms with E-state index in [4.69, 9.17) is 4.42 Å². The Hall–Kier alpha value is -3.21. The maximum atomic E-state index is 12.2. The SMILES string of the molecule is CC(=O)N(CCCCC(C(=O)O)N(c1ccc2oc3ccccc3c2c1)S(=O)[O-])c1cccs1. The Balaban J connectivity index is 1.53. The number of anilines is 2. The van der Waals surface area contributed by atoms with Crippen LogP contribution in [0.2, 0.25) is 0 Å². The molecule has 1 N–H and O–H groups in total. The Bertz CT molecular complexity index is 1330. The number of thiophene rings is 1. The van der Waals surface area contributed by atoms with Gasteiger partial charge in [-0.2, -0.15) is 0 Å². The lowest BCUT2D eigenvalue weighted by atomic mass is 10.1. The highest BCUT2D eigenvalue weighted by molar-refractivity contribution is 7.80. The van der Waals surface area contributed by atoms with Crippen molar-refractivity contribution in [2.75, 3.05) is 15.7 Å². The Labute approximate surface area is 202 Å². The van der Waals surface area contributed by atoms with E-state index in [1.165, 1.54) is 18.3 Å². The van der Waals surface area contributed by atoms with Crippen LogP contribution in [0.1, 0.15) is 26.2 Å². The average Bonchev–Trinajstić information content (AvgIpc) is 3.45. The third-order valence-corrected chi connectivity index (χ3v) is 7.28. The first-order chi connectivity index (χ1) is 16.4. The van der Waals surface area contributed by atoms with Crippen LogP contribution < -0.4 is 9.21 Å². The number of furan rings is 1. The second kappa shape index (κ2) is 10.4. The van der Waals surface area contributed by atoms with Gasteiger partial charge in [-0.15, -0.1) is 11.3 Å². The third kappa shape index (κ3) is 4.98. The van der Waals surface area contributed by atoms with E-state index in [2.05, 4.69) is 0 Å². The van der Waals surface area contributed by atoms with Crippen molar-refractivity contribution >= 4 is 67.1 Å². The van der Waals surface area contributed by atoms with Gasteiger partial charge in [0.2, 0.25) is 5.91 Å². The summed E-state index contributed by atoms with van der Waals surface area (Å²) in [4.78, 5) is 25.7. The number of unbranched alkanes of at least 4 members (excludes halogenated alkanes) is 1. The molecule has 1 amide bonds. The van der Waals surface area contributed by atoms with Crippen molar-refractivity contribution in [1.29, 1.82) is 0 Å². The molecule has 0 spiro atoms. The average molecular weight is 500 g/mol. The molecular formula is C24H23N2O6S2-. The smallest absolute Gasteiger partial charge is 0.327 e. The molecule has 0 aliphatic rings. The molecule has 0 aliphatic heterocycles. The number of benzene rings is 2. The van der Waals surface area contributed by atoms with E-state index < -0.39 is 23.3 Å². The highest BCUT2D eigenvalue weighted by atomic mass is 32.2. The van der Waals surface area contributed by atoms with Crippen molar-refractivity contribution in [1.82, 2.24) is 0 Å². The molecule has 0 saturated carbocycles. The molecule has 2 aromatic carbocycles. The molecule has 0 aliphatic carbocycles. The maximum Gasteiger partial charge on any atom is 0.327 e. The quantitative estimate of drug-likeness (QED) is 0.245. The van der Waals surface area contributed by atoms with Crippen LogP contribution in [0, 0.1) is 0 Å². The van der Waals surface area contributed by atoms with Crippen molar-refractivity contribution < 1.29 is 27.9 Å². The van der Waals surface area contributed by atoms with Crippen molar-refractivity contribution in [2.24, 2.45) is 0 Å². The van der Waals surface area contributed by atoms with E-state index in [9.17, 15) is 23.5 Å². The fourth-order valence-corrected chi connectivity index (χ4v) is 5.51. The zero-order chi connectivity index (χ0) is 24.2. The van der Waals surface area contributed by atoms with Gasteiger partial charge in [-0.3, -0.25) is 13.3 Å². The lowest BCUT2D eigenvalue weighted by molar-refractivity contribution is -0.138. The number of aliphatic carboxylic acids is 1. The second-order valence-corrected chi connectivity index (χ2v) is 9.55. The van der Waals surface area contributed by atoms with Gasteiger partial charge < -0.3 is 19.0 Å². The second-order valence-electron chi connectivity index (χ2n) is 7.79. The standard InChI is InChI=1S/C24H24N2O6S2/c1-16(27)25(23-10-6-14-33-23)13-5-4-8-20(24(28)29)26(34(30)31)17-11-12-22-19(15-17)18-7-2-3-9-21(18)32-22/h2-3,6-7,9-12,14-15,20H,4-5,8,13H2,1H3,(H,28,29)(H,30,31)/p-1. The summed E-state index contributed by atoms with van der Waals surface area (Å²) in [6.45, 7) is 1.91. The topological polar surface area (TPSA) is 114 Å². The lowest BCUT2D eigenvalue weighted by Crippen LogP contribution is -2.42. The van der Waals surface area contributed by atoms with E-state index in [-0.39, 0.29) is 18.0 Å². The summed E-state index contributed by atoms with van der Waals surface area (Å²) in [5, 5.41) is 14.1. The van der Waals surface area contributed by atoms with Gasteiger partial charge in [0, 0.05) is 35.5 Å². The van der Waals surface area contributed by atoms with E-state index in [0.29, 0.717) is 35.9 Å². The van der Waals surface area contributed by atoms with Crippen LogP contribution in [0.25, 0.3) is 21.9 Å². The fraction of sp³-hybridized carbons (Fsp3) is 0.250. The van der Waals surface area contributed by atoms with Crippen molar-refractivity contribution in [3.63, 3.8) is 0 Å². The summed E-state index contributed by atoms with van der Waals surface area (Å²) in [6, 6.07) is 14.7. The molecule has 0 saturated heterocycles. The molecule has 0 fully saturated rings. The molecule has 10 heteroatoms. The highest BCUT2D eigenvalue weighted by Crippen LogP contribution is 2.33. The van der Waals surface area contributed by atoms with Crippen molar-refractivity contribution in [3.8, 4) is 0 Å². The van der Waals surface area contributed by atoms with Gasteiger partial charge >= 0.3 is 5.97 Å². The summed E-state index contributed by atoms with van der Waals surface area (Å²) in [5.74, 6) is -1.33. The summed E-state index contributed by atoms with van der Waals surface area (Å²) in [6.07, 6.45) is 1.06. The van der Waals surface area contributed by atoms with Gasteiger partial charge in [0.15, 0.2) is 0 Å². The van der Waals surface area contributed by atoms with Gasteiger partial charge in [-0.25, -0.2) is 4.79 Å². The van der Waals surface area contributed by atoms with Crippen LogP contribution in [-0.4, -0.2) is 38.3 Å². The Kier molecular flexibility index (Phi) is 7.30. The van der Waals surface area contributed by atoms with E-state index in [1.807, 2.05) is 41.8 Å². The molecule has 2 heterocycles. The van der Waals surface area contributed by atoms with E-state index >= 15 is 0 Å². The van der Waals surface area contributed by atoms with Crippen LogP contribution >= 0.6 is 11.3 Å². The number of hydrogen-bond donors (Lipinski definition) is 1. The first kappa shape index (κ1) is 23.9. The predicted octanol–water partition coefficient (Wildman–Crippen LogP) is 4.92. The Morgan fingerprint density at radius 1 is 1.09 bits per heavy atom. The maximum absolute atomic E-state index is 12.2. The van der Waals surface area contributed by atoms with Gasteiger partial charge in [0.05, 0.1) is 10.7 Å². The normalized spacial score (nSPS) is 13.1. The Morgan fingerprint density at radius 2 is 1.85 bits per heavy atom. The number of fused-ring (bicyclic) bond motifs is 3. The molecule has 4 rings (SSSR count). The molecule has 178 valence electrons. The summed E-state index contributed by atoms with van der Waals surface area (Å²) < 4.78 is 31.0. The molecule has 8 nitrogen and oxygen atoms in total. The third-order valence-electron chi connectivity index (χ3n) is 5.61. The van der Waals surface area contributed by atoms with Crippen molar-refractivity contribution in [2.45, 2.75) is 32.2 Å². The molecule has 0 radical (unpaired) electrons. The summed E-state index contributed by atoms with van der Waals surface area (Å²) >= 11 is -1.36. The molecule has 4 aromatic rings.